The minimum Gasteiger partial charge on any atom is -1.00 e. The van der Waals surface area contributed by atoms with Gasteiger partial charge in [-0.2, -0.15) is 0 Å². The fourth-order valence-corrected chi connectivity index (χ4v) is 0. The Morgan fingerprint density at radius 2 is 1.25 bits per heavy atom. The van der Waals surface area contributed by atoms with E-state index < -0.39 is 0 Å². The Bertz CT molecular complexity index is 13.5. The van der Waals surface area contributed by atoms with E-state index in [9.17, 15) is 0 Å². The molecule has 0 amide bonds. The summed E-state index contributed by atoms with van der Waals surface area (Å²) in [6, 6.07) is 0. The van der Waals surface area contributed by atoms with Crippen LogP contribution in [-0.4, -0.2) is 51.4 Å². The predicted molar refractivity (Wildman–Crippen MR) is 27.9 cm³/mol. The van der Waals surface area contributed by atoms with Crippen LogP contribution in [0.4, 0.5) is 0 Å². The van der Waals surface area contributed by atoms with Gasteiger partial charge in [-0.3, -0.25) is 0 Å². The second kappa shape index (κ2) is 19.8. The van der Waals surface area contributed by atoms with Crippen molar-refractivity contribution in [2.75, 3.05) is 0 Å². The van der Waals surface area contributed by atoms with E-state index in [4.69, 9.17) is 0 Å². The van der Waals surface area contributed by atoms with Crippen molar-refractivity contribution in [2.24, 2.45) is 0 Å². The van der Waals surface area contributed by atoms with Gasteiger partial charge in [-0.25, -0.2) is 0 Å². The van der Waals surface area contributed by atoms with Gasteiger partial charge in [-0.1, -0.05) is 0 Å². The maximum atomic E-state index is 0. The van der Waals surface area contributed by atoms with Gasteiger partial charge in [-0.05, 0) is 11.0 Å². The monoisotopic (exact) mass is 142 g/mol. The summed E-state index contributed by atoms with van der Waals surface area (Å²) in [5, 5.41) is 0. The summed E-state index contributed by atoms with van der Waals surface area (Å²) in [5.74, 6) is 0. The molecule has 0 nitrogen and oxygen atoms in total. The van der Waals surface area contributed by atoms with Crippen molar-refractivity contribution < 1.29 is 19.9 Å². The molecule has 0 aliphatic carbocycles. The van der Waals surface area contributed by atoms with E-state index in [1.54, 1.807) is 0 Å². The minimum absolute atomic E-state index is 0. The third kappa shape index (κ3) is 8.97. The summed E-state index contributed by atoms with van der Waals surface area (Å²) in [4.78, 5) is 0. The van der Waals surface area contributed by atoms with Crippen LogP contribution >= 0.6 is 0 Å². The molecule has 4 heavy (non-hydrogen) atoms. The molecule has 0 bridgehead atoms. The van der Waals surface area contributed by atoms with Gasteiger partial charge in [-0.15, -0.1) is 0 Å². The Morgan fingerprint density at radius 3 is 1.25 bits per heavy atom. The van der Waals surface area contributed by atoms with E-state index in [2.05, 4.69) is 0 Å². The van der Waals surface area contributed by atoms with Gasteiger partial charge in [0.2, 0.25) is 0 Å². The fourth-order valence-electron chi connectivity index (χ4n) is 0. The summed E-state index contributed by atoms with van der Waals surface area (Å²) >= 11 is 0. The van der Waals surface area contributed by atoms with E-state index in [0.717, 1.165) is 0 Å². The van der Waals surface area contributed by atoms with Crippen molar-refractivity contribution in [1.29, 1.82) is 0 Å². The van der Waals surface area contributed by atoms with Gasteiger partial charge in [0.15, 0.2) is 17.4 Å². The van der Waals surface area contributed by atoms with Crippen LogP contribution < -0.4 is 0 Å². The summed E-state index contributed by atoms with van der Waals surface area (Å²) in [6.07, 6.45) is 0. The zero-order valence-corrected chi connectivity index (χ0v) is 6.68. The zero-order chi connectivity index (χ0) is 0. The third-order valence-electron chi connectivity index (χ3n) is 0. The quantitative estimate of drug-likeness (QED) is 0.327. The van der Waals surface area contributed by atoms with Crippen LogP contribution in [0.5, 0.6) is 0 Å². The molecule has 0 N–H and O–H groups in total. The molecule has 0 spiro atoms. The molecular formula is H8AlMgMnSi. The number of hydrogen-bond donors (Lipinski definition) is 0. The molecule has 0 saturated heterocycles. The first kappa shape index (κ1) is 36.9. The van der Waals surface area contributed by atoms with Gasteiger partial charge >= 0.3 is 23.1 Å². The van der Waals surface area contributed by atoms with Crippen LogP contribution in [0.1, 0.15) is 2.85 Å². The molecule has 0 aromatic rings. The maximum Gasteiger partial charge on any atom is 2.00 e. The van der Waals surface area contributed by atoms with Crippen molar-refractivity contribution in [1.82, 2.24) is 0 Å². The predicted octanol–water partition coefficient (Wildman–Crippen LogP) is -2.53. The first-order chi connectivity index (χ1) is 0. The Morgan fingerprint density at radius 1 is 1.25 bits per heavy atom. The van der Waals surface area contributed by atoms with Crippen molar-refractivity contribution in [3.8, 4) is 0 Å². The molecule has 0 aliphatic rings. The first-order valence-electron chi connectivity index (χ1n) is 0. The van der Waals surface area contributed by atoms with Crippen molar-refractivity contribution in [2.45, 2.75) is 0 Å². The second-order valence-corrected chi connectivity index (χ2v) is 0. The van der Waals surface area contributed by atoms with E-state index in [1.807, 2.05) is 0 Å². The van der Waals surface area contributed by atoms with E-state index in [1.165, 1.54) is 0 Å². The fraction of sp³-hybridized carbons (Fsp3) is 0. The molecular weight excluding hydrogens is 134 g/mol. The molecule has 24 valence electrons. The first-order valence-corrected chi connectivity index (χ1v) is 0. The van der Waals surface area contributed by atoms with Crippen LogP contribution in [0.3, 0.4) is 0 Å². The zero-order valence-electron chi connectivity index (χ0n) is 4.09. The molecule has 0 aromatic heterocycles. The molecule has 0 rings (SSSR count). The second-order valence-electron chi connectivity index (χ2n) is 0. The van der Waals surface area contributed by atoms with Crippen molar-refractivity contribution >= 4 is 51.4 Å². The van der Waals surface area contributed by atoms with Gasteiger partial charge in [0.05, 0.1) is 0 Å². The normalized spacial score (nSPS) is 0. The van der Waals surface area contributed by atoms with Gasteiger partial charge in [0, 0.05) is 17.1 Å². The Kier molecular flexibility index (Phi) is 183. The molecule has 0 aliphatic heterocycles. The van der Waals surface area contributed by atoms with E-state index in [0.29, 0.717) is 0 Å². The Balaban J connectivity index is 0. The van der Waals surface area contributed by atoms with Crippen LogP contribution in [-0.2, 0) is 17.1 Å². The van der Waals surface area contributed by atoms with Crippen LogP contribution in [0.25, 0.3) is 0 Å². The summed E-state index contributed by atoms with van der Waals surface area (Å²) in [7, 11) is 0. The number of hydrogen-bond acceptors (Lipinski definition) is 0. The van der Waals surface area contributed by atoms with Gasteiger partial charge < -0.3 is 2.85 Å². The van der Waals surface area contributed by atoms with Crippen LogP contribution in [0.15, 0.2) is 0 Å². The van der Waals surface area contributed by atoms with Crippen molar-refractivity contribution in [3.05, 3.63) is 0 Å². The molecule has 0 saturated carbocycles. The topological polar surface area (TPSA) is 0 Å². The smallest absolute Gasteiger partial charge is 1.00 e. The molecule has 0 aromatic carbocycles. The summed E-state index contributed by atoms with van der Waals surface area (Å²) in [6.45, 7) is 0. The summed E-state index contributed by atoms with van der Waals surface area (Å²) in [5.41, 5.74) is 0. The third-order valence-corrected chi connectivity index (χ3v) is 0. The molecule has 0 unspecified atom stereocenters. The van der Waals surface area contributed by atoms with E-state index in [-0.39, 0.29) is 71.3 Å². The Labute approximate surface area is 70.9 Å². The average molecular weight is 142 g/mol. The van der Waals surface area contributed by atoms with Crippen molar-refractivity contribution in [3.63, 3.8) is 0 Å². The average Bonchev–Trinajstić information content (AvgIpc) is 0. The molecule has 0 fully saturated rings. The molecule has 4 heteroatoms. The van der Waals surface area contributed by atoms with Crippen LogP contribution in [0, 0.1) is 0 Å². The van der Waals surface area contributed by atoms with Gasteiger partial charge in [0.25, 0.3) is 0 Å². The standard InChI is InChI=1S/Al.Mg.Mn.H3Si.5H/h;;;1H3;;;;;/q;+2;;;;;;2*-1. The molecule has 2 radical (unpaired) electrons. The summed E-state index contributed by atoms with van der Waals surface area (Å²) < 4.78 is 0. The SMILES string of the molecule is [AlH3].[H-].[H-].[Mg+2].[Mn].[SiH3]. The molecule has 0 atom stereocenters. The number of rotatable bonds is 0. The van der Waals surface area contributed by atoms with Crippen LogP contribution in [0.2, 0.25) is 0 Å². The largest absolute Gasteiger partial charge is 2.00 e. The van der Waals surface area contributed by atoms with E-state index >= 15 is 0 Å². The minimum atomic E-state index is 0. The molecule has 0 heterocycles. The Hall–Kier alpha value is 2.04. The maximum absolute atomic E-state index is 0. The van der Waals surface area contributed by atoms with Gasteiger partial charge in [0.1, 0.15) is 0 Å².